The Morgan fingerprint density at radius 3 is 2.56 bits per heavy atom. The molecule has 94 valence electrons. The molecule has 1 aromatic heterocycles. The summed E-state index contributed by atoms with van der Waals surface area (Å²) in [5.41, 5.74) is 1.33. The summed E-state index contributed by atoms with van der Waals surface area (Å²) in [5.74, 6) is 2.25. The summed E-state index contributed by atoms with van der Waals surface area (Å²) < 4.78 is 0. The van der Waals surface area contributed by atoms with Gasteiger partial charge in [-0.3, -0.25) is 0 Å². The summed E-state index contributed by atoms with van der Waals surface area (Å²) in [5, 5.41) is 1.68. The van der Waals surface area contributed by atoms with Gasteiger partial charge in [-0.15, -0.1) is 11.8 Å². The highest BCUT2D eigenvalue weighted by atomic mass is 35.5. The van der Waals surface area contributed by atoms with Crippen LogP contribution in [0.3, 0.4) is 0 Å². The minimum atomic E-state index is 0.442. The minimum absolute atomic E-state index is 0.442. The standard InChI is InChI=1S/C14H14ClNS2/c15-13-6-7-14(16-8-13)18-10-12(9-17)11-4-2-1-3-5-11/h1-8,12,17H,9-10H2. The van der Waals surface area contributed by atoms with Crippen LogP contribution in [-0.2, 0) is 0 Å². The Balaban J connectivity index is 1.97. The first-order valence-electron chi connectivity index (χ1n) is 5.70. The Morgan fingerprint density at radius 1 is 1.17 bits per heavy atom. The lowest BCUT2D eigenvalue weighted by Crippen LogP contribution is -2.03. The quantitative estimate of drug-likeness (QED) is 0.642. The van der Waals surface area contributed by atoms with Gasteiger partial charge in [-0.25, -0.2) is 4.98 Å². The van der Waals surface area contributed by atoms with Crippen molar-refractivity contribution in [3.8, 4) is 0 Å². The molecular weight excluding hydrogens is 282 g/mol. The molecule has 4 heteroatoms. The third-order valence-electron chi connectivity index (χ3n) is 2.62. The van der Waals surface area contributed by atoms with Crippen molar-refractivity contribution in [3.05, 3.63) is 59.2 Å². The molecular formula is C14H14ClNS2. The van der Waals surface area contributed by atoms with Gasteiger partial charge < -0.3 is 0 Å². The molecule has 0 bridgehead atoms. The molecule has 0 aliphatic carbocycles. The average Bonchev–Trinajstić information content (AvgIpc) is 2.43. The van der Waals surface area contributed by atoms with Gasteiger partial charge in [0.1, 0.15) is 0 Å². The van der Waals surface area contributed by atoms with E-state index in [0.717, 1.165) is 16.5 Å². The fraction of sp³-hybridized carbons (Fsp3) is 0.214. The van der Waals surface area contributed by atoms with Gasteiger partial charge in [-0.05, 0) is 23.4 Å². The SMILES string of the molecule is SCC(CSc1ccc(Cl)cn1)c1ccccc1. The first-order chi connectivity index (χ1) is 8.79. The molecule has 1 heterocycles. The highest BCUT2D eigenvalue weighted by Crippen LogP contribution is 2.26. The second-order valence-electron chi connectivity index (χ2n) is 3.92. The maximum atomic E-state index is 5.81. The molecule has 0 amide bonds. The highest BCUT2D eigenvalue weighted by molar-refractivity contribution is 7.99. The smallest absolute Gasteiger partial charge is 0.0961 e. The number of halogens is 1. The summed E-state index contributed by atoms with van der Waals surface area (Å²) in [6.07, 6.45) is 1.68. The van der Waals surface area contributed by atoms with E-state index in [1.807, 2.05) is 18.2 Å². The summed E-state index contributed by atoms with van der Waals surface area (Å²) in [6.45, 7) is 0. The number of thioether (sulfide) groups is 1. The molecule has 0 saturated heterocycles. The van der Waals surface area contributed by atoms with Crippen molar-refractivity contribution in [3.63, 3.8) is 0 Å². The van der Waals surface area contributed by atoms with Gasteiger partial charge in [0.05, 0.1) is 10.0 Å². The summed E-state index contributed by atoms with van der Waals surface area (Å²) >= 11 is 12.0. The van der Waals surface area contributed by atoms with E-state index in [0.29, 0.717) is 10.9 Å². The normalized spacial score (nSPS) is 12.3. The first-order valence-corrected chi connectivity index (χ1v) is 7.69. The largest absolute Gasteiger partial charge is 0.248 e. The number of nitrogens with zero attached hydrogens (tertiary/aromatic N) is 1. The molecule has 1 unspecified atom stereocenters. The van der Waals surface area contributed by atoms with Crippen LogP contribution in [0.2, 0.25) is 5.02 Å². The molecule has 0 saturated carbocycles. The molecule has 0 aliphatic rings. The fourth-order valence-corrected chi connectivity index (χ4v) is 3.21. The zero-order valence-corrected chi connectivity index (χ0v) is 12.3. The lowest BCUT2D eigenvalue weighted by Gasteiger charge is -2.13. The predicted molar refractivity (Wildman–Crippen MR) is 83.0 cm³/mol. The number of rotatable bonds is 5. The molecule has 0 N–H and O–H groups in total. The number of hydrogen-bond acceptors (Lipinski definition) is 3. The van der Waals surface area contributed by atoms with Gasteiger partial charge >= 0.3 is 0 Å². The third kappa shape index (κ3) is 3.94. The van der Waals surface area contributed by atoms with Crippen LogP contribution in [0.1, 0.15) is 11.5 Å². The predicted octanol–water partition coefficient (Wildman–Crippen LogP) is 4.54. The molecule has 1 nitrogen and oxygen atoms in total. The second kappa shape index (κ2) is 7.07. The van der Waals surface area contributed by atoms with Crippen LogP contribution < -0.4 is 0 Å². The molecule has 2 aromatic rings. The Morgan fingerprint density at radius 2 is 1.94 bits per heavy atom. The first kappa shape index (κ1) is 13.8. The van der Waals surface area contributed by atoms with Gasteiger partial charge in [-0.2, -0.15) is 12.6 Å². The highest BCUT2D eigenvalue weighted by Gasteiger charge is 2.10. The molecule has 2 rings (SSSR count). The second-order valence-corrected chi connectivity index (χ2v) is 5.76. The van der Waals surface area contributed by atoms with E-state index in [4.69, 9.17) is 11.6 Å². The number of thiol groups is 1. The van der Waals surface area contributed by atoms with Gasteiger partial charge in [-0.1, -0.05) is 41.9 Å². The lowest BCUT2D eigenvalue weighted by molar-refractivity contribution is 0.896. The van der Waals surface area contributed by atoms with Crippen LogP contribution in [0.5, 0.6) is 0 Å². The molecule has 0 spiro atoms. The van der Waals surface area contributed by atoms with E-state index < -0.39 is 0 Å². The summed E-state index contributed by atoms with van der Waals surface area (Å²) in [4.78, 5) is 4.28. The van der Waals surface area contributed by atoms with Gasteiger partial charge in [0.25, 0.3) is 0 Å². The molecule has 1 atom stereocenters. The van der Waals surface area contributed by atoms with E-state index >= 15 is 0 Å². The van der Waals surface area contributed by atoms with Crippen LogP contribution in [0.4, 0.5) is 0 Å². The van der Waals surface area contributed by atoms with Crippen LogP contribution in [0, 0.1) is 0 Å². The third-order valence-corrected chi connectivity index (χ3v) is 4.39. The molecule has 0 radical (unpaired) electrons. The molecule has 0 aliphatic heterocycles. The van der Waals surface area contributed by atoms with Crippen molar-refractivity contribution in [1.29, 1.82) is 0 Å². The van der Waals surface area contributed by atoms with Crippen molar-refractivity contribution >= 4 is 36.0 Å². The van der Waals surface area contributed by atoms with Crippen LogP contribution in [0.15, 0.2) is 53.7 Å². The fourth-order valence-electron chi connectivity index (χ4n) is 1.61. The number of benzene rings is 1. The molecule has 1 aromatic carbocycles. The Kier molecular flexibility index (Phi) is 5.42. The Hall–Kier alpha value is -0.640. The average molecular weight is 296 g/mol. The zero-order chi connectivity index (χ0) is 12.8. The number of pyridine rings is 1. The zero-order valence-electron chi connectivity index (χ0n) is 9.79. The lowest BCUT2D eigenvalue weighted by atomic mass is 10.0. The molecule has 18 heavy (non-hydrogen) atoms. The number of aromatic nitrogens is 1. The van der Waals surface area contributed by atoms with Crippen LogP contribution >= 0.6 is 36.0 Å². The van der Waals surface area contributed by atoms with Crippen molar-refractivity contribution in [2.75, 3.05) is 11.5 Å². The van der Waals surface area contributed by atoms with E-state index in [2.05, 4.69) is 41.9 Å². The maximum absolute atomic E-state index is 5.81. The maximum Gasteiger partial charge on any atom is 0.0961 e. The van der Waals surface area contributed by atoms with Crippen molar-refractivity contribution < 1.29 is 0 Å². The topological polar surface area (TPSA) is 12.9 Å². The van der Waals surface area contributed by atoms with Gasteiger partial charge in [0, 0.05) is 17.9 Å². The Bertz CT molecular complexity index is 473. The van der Waals surface area contributed by atoms with Crippen LogP contribution in [0.25, 0.3) is 0 Å². The molecule has 0 fully saturated rings. The Labute approximate surface area is 122 Å². The van der Waals surface area contributed by atoms with E-state index in [9.17, 15) is 0 Å². The van der Waals surface area contributed by atoms with Crippen molar-refractivity contribution in [2.45, 2.75) is 10.9 Å². The van der Waals surface area contributed by atoms with Crippen molar-refractivity contribution in [1.82, 2.24) is 4.98 Å². The summed E-state index contributed by atoms with van der Waals surface area (Å²) in [7, 11) is 0. The number of hydrogen-bond donors (Lipinski definition) is 1. The summed E-state index contributed by atoms with van der Waals surface area (Å²) in [6, 6.07) is 14.3. The minimum Gasteiger partial charge on any atom is -0.248 e. The van der Waals surface area contributed by atoms with Crippen molar-refractivity contribution in [2.24, 2.45) is 0 Å². The van der Waals surface area contributed by atoms with Gasteiger partial charge in [0.15, 0.2) is 0 Å². The van der Waals surface area contributed by atoms with Gasteiger partial charge in [0.2, 0.25) is 0 Å². The van der Waals surface area contributed by atoms with E-state index in [-0.39, 0.29) is 0 Å². The monoisotopic (exact) mass is 295 g/mol. The van der Waals surface area contributed by atoms with E-state index in [1.165, 1.54) is 5.56 Å². The van der Waals surface area contributed by atoms with Crippen LogP contribution in [-0.4, -0.2) is 16.5 Å². The van der Waals surface area contributed by atoms with E-state index in [1.54, 1.807) is 18.0 Å².